The number of nitrogens with one attached hydrogen (secondary N) is 2. The van der Waals surface area contributed by atoms with Crippen LogP contribution >= 0.6 is 11.3 Å². The Hall–Kier alpha value is -7.39. The molecule has 7 aromatic rings. The van der Waals surface area contributed by atoms with Gasteiger partial charge in [-0.1, -0.05) is 54.6 Å². The second-order valence-corrected chi connectivity index (χ2v) is 20.4. The van der Waals surface area contributed by atoms with Crippen molar-refractivity contribution >= 4 is 64.5 Å². The zero-order valence-corrected chi connectivity index (χ0v) is 38.6. The van der Waals surface area contributed by atoms with Gasteiger partial charge in [-0.2, -0.15) is 0 Å². The van der Waals surface area contributed by atoms with Gasteiger partial charge in [-0.3, -0.25) is 9.44 Å². The largest absolute Gasteiger partial charge is 0.490 e. The number of rotatable bonds is 20. The molecule has 7 rings (SSSR count). The second kappa shape index (κ2) is 22.2. The van der Waals surface area contributed by atoms with E-state index in [1.54, 1.807) is 84.9 Å². The van der Waals surface area contributed by atoms with Crippen molar-refractivity contribution in [1.82, 2.24) is 0 Å². The summed E-state index contributed by atoms with van der Waals surface area (Å²) in [4.78, 5) is 21.9. The monoisotopic (exact) mass is 986 g/mol. The van der Waals surface area contributed by atoms with Crippen LogP contribution in [0.25, 0.3) is 0 Å². The molecule has 4 N–H and O–H groups in total. The van der Waals surface area contributed by atoms with Crippen molar-refractivity contribution in [3.8, 4) is 23.0 Å². The van der Waals surface area contributed by atoms with E-state index in [2.05, 4.69) is 9.44 Å². The van der Waals surface area contributed by atoms with Crippen LogP contribution in [0.15, 0.2) is 182 Å². The maximum Gasteiger partial charge on any atom is 0.335 e. The van der Waals surface area contributed by atoms with E-state index in [0.29, 0.717) is 22.9 Å². The summed E-state index contributed by atoms with van der Waals surface area (Å²) in [5.74, 6) is -0.443. The molecule has 0 aliphatic carbocycles. The molecule has 20 heteroatoms. The summed E-state index contributed by atoms with van der Waals surface area (Å²) in [6, 6.07) is 40.6. The molecule has 0 atom stereocenters. The predicted molar refractivity (Wildman–Crippen MR) is 251 cm³/mol. The third kappa shape index (κ3) is 13.6. The summed E-state index contributed by atoms with van der Waals surface area (Å²) in [5, 5.41) is 19.1. The van der Waals surface area contributed by atoms with Crippen LogP contribution in [0.4, 0.5) is 11.4 Å². The van der Waals surface area contributed by atoms with Crippen molar-refractivity contribution in [2.24, 2.45) is 0 Å². The molecule has 0 radical (unpaired) electrons. The van der Waals surface area contributed by atoms with Gasteiger partial charge in [0.1, 0.15) is 53.6 Å². The molecule has 1 heterocycles. The van der Waals surface area contributed by atoms with Crippen molar-refractivity contribution in [2.45, 2.75) is 25.8 Å². The maximum absolute atomic E-state index is 13.0. The van der Waals surface area contributed by atoms with Gasteiger partial charge in [-0.05, 0) is 116 Å². The number of benzene rings is 6. The number of aromatic carboxylic acids is 2. The molecule has 348 valence electrons. The summed E-state index contributed by atoms with van der Waals surface area (Å²) in [6.07, 6.45) is 0. The molecule has 0 unspecified atom stereocenters. The molecule has 0 saturated carbocycles. The lowest BCUT2D eigenvalue weighted by molar-refractivity contribution is 0.0686. The van der Waals surface area contributed by atoms with Crippen LogP contribution in [0, 0.1) is 6.92 Å². The molecule has 0 saturated heterocycles. The third-order valence-corrected chi connectivity index (χ3v) is 15.2. The molecule has 0 amide bonds. The van der Waals surface area contributed by atoms with Crippen molar-refractivity contribution in [1.29, 1.82) is 0 Å². The highest BCUT2D eigenvalue weighted by Gasteiger charge is 2.25. The smallest absolute Gasteiger partial charge is 0.335 e. The van der Waals surface area contributed by atoms with Crippen LogP contribution < -0.4 is 28.4 Å². The second-order valence-electron chi connectivity index (χ2n) is 14.0. The van der Waals surface area contributed by atoms with Crippen LogP contribution in [-0.2, 0) is 29.9 Å². The van der Waals surface area contributed by atoms with Crippen LogP contribution in [0.5, 0.6) is 23.0 Å². The highest BCUT2D eigenvalue weighted by molar-refractivity contribution is 7.95. The normalized spacial score (nSPS) is 11.3. The van der Waals surface area contributed by atoms with Gasteiger partial charge < -0.3 is 29.2 Å². The maximum atomic E-state index is 13.0. The van der Waals surface area contributed by atoms with E-state index in [1.807, 2.05) is 13.0 Å². The molecule has 0 fully saturated rings. The van der Waals surface area contributed by atoms with Crippen LogP contribution in [0.2, 0.25) is 0 Å². The molecule has 67 heavy (non-hydrogen) atoms. The minimum absolute atomic E-state index is 0.0727. The van der Waals surface area contributed by atoms with Crippen molar-refractivity contribution in [3.63, 3.8) is 0 Å². The van der Waals surface area contributed by atoms with E-state index in [0.717, 1.165) is 23.0 Å². The van der Waals surface area contributed by atoms with Gasteiger partial charge in [0.25, 0.3) is 20.0 Å². The van der Waals surface area contributed by atoms with E-state index in [4.69, 9.17) is 29.2 Å². The van der Waals surface area contributed by atoms with Crippen molar-refractivity contribution in [2.75, 3.05) is 35.9 Å². The van der Waals surface area contributed by atoms with Gasteiger partial charge in [0.15, 0.2) is 0 Å². The van der Waals surface area contributed by atoms with E-state index in [1.165, 1.54) is 66.0 Å². The number of thiophene rings is 1. The summed E-state index contributed by atoms with van der Waals surface area (Å²) in [7, 11) is -11.7. The van der Waals surface area contributed by atoms with Crippen molar-refractivity contribution < 1.29 is 64.0 Å². The number of sulfone groups is 1. The Bertz CT molecular complexity index is 3140. The lowest BCUT2D eigenvalue weighted by atomic mass is 10.2. The zero-order valence-electron chi connectivity index (χ0n) is 35.3. The van der Waals surface area contributed by atoms with Crippen LogP contribution in [-0.4, -0.2) is 73.8 Å². The van der Waals surface area contributed by atoms with E-state index >= 15 is 0 Å². The SMILES string of the molecule is Cc1cccc(S(=O)(=O)Nc2ccccc2OCCOc2ccc(C(=O)O)cc2)c1.O=C(O)c1ccc(OCCOc2ccccc2NS(=O)(=O)c2cc(S(=O)(=O)c3ccccc3)cs2)cc1. The average Bonchev–Trinajstić information content (AvgIpc) is 3.84. The van der Waals surface area contributed by atoms with E-state index in [-0.39, 0.29) is 67.9 Å². The number of sulfonamides is 2. The molecular formula is C47H42N2O14S4. The topological polar surface area (TPSA) is 238 Å². The fourth-order valence-electron chi connectivity index (χ4n) is 5.86. The van der Waals surface area contributed by atoms with Crippen LogP contribution in [0.3, 0.4) is 0 Å². The van der Waals surface area contributed by atoms with E-state index in [9.17, 15) is 34.8 Å². The molecule has 1 aromatic heterocycles. The van der Waals surface area contributed by atoms with Gasteiger partial charge in [0, 0.05) is 5.38 Å². The summed E-state index contributed by atoms with van der Waals surface area (Å²) < 4.78 is 104. The Morgan fingerprint density at radius 3 is 1.43 bits per heavy atom. The first kappa shape index (κ1) is 49.1. The minimum Gasteiger partial charge on any atom is -0.490 e. The number of para-hydroxylation sites is 4. The standard InChI is InChI=1S/C25H21NO8S3.C22H21NO6S/c27-25(28)18-10-12-19(13-11-18)33-14-15-34-23-9-5-4-8-22(23)26-37(31,32)24-16-21(17-35-24)36(29,30)20-6-2-1-3-7-20;1-16-5-4-6-19(15-16)30(26,27)23-20-7-2-3-8-21(20)29-14-13-28-18-11-9-17(10-12-18)22(24)25/h1-13,16-17,26H,14-15H2,(H,27,28);2-12,15,23H,13-14H2,1H3,(H,24,25). The Morgan fingerprint density at radius 1 is 0.493 bits per heavy atom. The minimum atomic E-state index is -4.10. The lowest BCUT2D eigenvalue weighted by Gasteiger charge is -2.14. The number of aryl methyl sites for hydroxylation is 1. The predicted octanol–water partition coefficient (Wildman–Crippen LogP) is 8.49. The molecule has 16 nitrogen and oxygen atoms in total. The van der Waals surface area contributed by atoms with Gasteiger partial charge in [-0.25, -0.2) is 34.8 Å². The molecule has 0 aliphatic heterocycles. The summed E-state index contributed by atoms with van der Waals surface area (Å²) >= 11 is 0.798. The third-order valence-electron chi connectivity index (χ3n) is 9.16. The van der Waals surface area contributed by atoms with Gasteiger partial charge in [0.2, 0.25) is 9.84 Å². The average molecular weight is 987 g/mol. The highest BCUT2D eigenvalue weighted by Crippen LogP contribution is 2.32. The van der Waals surface area contributed by atoms with E-state index < -0.39 is 41.8 Å². The molecular weight excluding hydrogens is 945 g/mol. The first-order chi connectivity index (χ1) is 32.0. The highest BCUT2D eigenvalue weighted by atomic mass is 32.2. The Morgan fingerprint density at radius 2 is 0.940 bits per heavy atom. The Labute approximate surface area is 391 Å². The zero-order chi connectivity index (χ0) is 48.0. The summed E-state index contributed by atoms with van der Waals surface area (Å²) in [5.41, 5.74) is 1.66. The number of carboxylic acids is 2. The number of anilines is 2. The fraction of sp³-hybridized carbons (Fsp3) is 0.106. The molecule has 6 aromatic carbocycles. The first-order valence-corrected chi connectivity index (χ1v) is 25.2. The molecule has 0 bridgehead atoms. The number of carboxylic acid groups (broad SMARTS) is 2. The number of hydrogen-bond acceptors (Lipinski definition) is 13. The number of carbonyl (C=O) groups is 2. The lowest BCUT2D eigenvalue weighted by Crippen LogP contribution is -2.15. The Balaban J connectivity index is 0.000000226. The molecule has 0 spiro atoms. The van der Waals surface area contributed by atoms with Crippen LogP contribution in [0.1, 0.15) is 26.3 Å². The number of ether oxygens (including phenoxy) is 4. The van der Waals surface area contributed by atoms with Gasteiger partial charge in [0.05, 0.1) is 37.2 Å². The van der Waals surface area contributed by atoms with Gasteiger partial charge >= 0.3 is 11.9 Å². The van der Waals surface area contributed by atoms with Crippen molar-refractivity contribution in [3.05, 3.63) is 180 Å². The quantitative estimate of drug-likeness (QED) is 0.0524. The molecule has 0 aliphatic rings. The first-order valence-electron chi connectivity index (χ1n) is 19.9. The summed E-state index contributed by atoms with van der Waals surface area (Å²) in [6.45, 7) is 2.40. The Kier molecular flexibility index (Phi) is 16.3. The fourth-order valence-corrected chi connectivity index (χ4v) is 11.0. The number of hydrogen-bond donors (Lipinski definition) is 4. The van der Waals surface area contributed by atoms with Gasteiger partial charge in [-0.15, -0.1) is 11.3 Å².